The van der Waals surface area contributed by atoms with Crippen molar-refractivity contribution in [2.45, 2.75) is 19.8 Å². The summed E-state index contributed by atoms with van der Waals surface area (Å²) >= 11 is 5.97. The van der Waals surface area contributed by atoms with Crippen LogP contribution in [0.15, 0.2) is 48.3 Å². The van der Waals surface area contributed by atoms with Crippen molar-refractivity contribution in [3.63, 3.8) is 0 Å². The number of unbranched alkanes of at least 4 members (excludes halogenated alkanes) is 1. The van der Waals surface area contributed by atoms with Gasteiger partial charge in [-0.25, -0.2) is 9.98 Å². The fourth-order valence-electron chi connectivity index (χ4n) is 1.71. The molecule has 0 spiro atoms. The Labute approximate surface area is 128 Å². The van der Waals surface area contributed by atoms with Gasteiger partial charge in [-0.05, 0) is 24.6 Å². The van der Waals surface area contributed by atoms with Gasteiger partial charge in [0.05, 0.1) is 11.7 Å². The van der Waals surface area contributed by atoms with E-state index in [1.807, 2.05) is 18.2 Å². The third-order valence-electron chi connectivity index (χ3n) is 2.69. The molecular formula is C15H16ClN5. The van der Waals surface area contributed by atoms with Gasteiger partial charge in [-0.3, -0.25) is 0 Å². The van der Waals surface area contributed by atoms with Crippen LogP contribution in [0.4, 0.5) is 5.82 Å². The maximum absolute atomic E-state index is 5.97. The topological polar surface area (TPSA) is 63.1 Å². The molecule has 2 heterocycles. The van der Waals surface area contributed by atoms with Crippen molar-refractivity contribution in [2.24, 2.45) is 4.99 Å². The number of anilines is 1. The first-order valence-corrected chi connectivity index (χ1v) is 7.02. The van der Waals surface area contributed by atoms with Crippen molar-refractivity contribution >= 4 is 34.2 Å². The molecule has 0 bridgehead atoms. The molecule has 0 radical (unpaired) electrons. The smallest absolute Gasteiger partial charge is 0.161 e. The van der Waals surface area contributed by atoms with Gasteiger partial charge in [-0.1, -0.05) is 37.6 Å². The van der Waals surface area contributed by atoms with Gasteiger partial charge in [-0.2, -0.15) is 5.10 Å². The van der Waals surface area contributed by atoms with Crippen molar-refractivity contribution in [2.75, 3.05) is 5.32 Å². The van der Waals surface area contributed by atoms with Gasteiger partial charge in [0, 0.05) is 11.6 Å². The number of nitrogens with zero attached hydrogens (tertiary/aromatic N) is 4. The van der Waals surface area contributed by atoms with E-state index in [0.29, 0.717) is 22.3 Å². The number of pyridine rings is 1. The summed E-state index contributed by atoms with van der Waals surface area (Å²) in [5.41, 5.74) is 0.676. The summed E-state index contributed by atoms with van der Waals surface area (Å²) in [6, 6.07) is 3.67. The number of allylic oxidation sites excluding steroid dienone is 1. The lowest BCUT2D eigenvalue weighted by Crippen LogP contribution is -2.09. The highest BCUT2D eigenvalue weighted by molar-refractivity contribution is 6.33. The van der Waals surface area contributed by atoms with E-state index in [2.05, 4.69) is 45.1 Å². The second kappa shape index (κ2) is 7.50. The number of aliphatic imine (C=N–C) groups is 1. The van der Waals surface area contributed by atoms with E-state index in [1.165, 1.54) is 6.20 Å². The van der Waals surface area contributed by atoms with Crippen molar-refractivity contribution in [3.8, 4) is 0 Å². The normalized spacial score (nSPS) is 12.0. The average Bonchev–Trinajstić information content (AvgIpc) is 2.48. The molecule has 0 atom stereocenters. The molecule has 0 aliphatic carbocycles. The highest BCUT2D eigenvalue weighted by atomic mass is 35.5. The van der Waals surface area contributed by atoms with E-state index in [0.717, 1.165) is 18.2 Å². The van der Waals surface area contributed by atoms with E-state index in [4.69, 9.17) is 11.6 Å². The predicted molar refractivity (Wildman–Crippen MR) is 87.6 cm³/mol. The molecule has 0 amide bonds. The molecule has 21 heavy (non-hydrogen) atoms. The Kier molecular flexibility index (Phi) is 5.40. The van der Waals surface area contributed by atoms with Crippen LogP contribution < -0.4 is 5.32 Å². The molecule has 2 aromatic rings. The Morgan fingerprint density at radius 1 is 1.48 bits per heavy atom. The minimum atomic E-state index is 0.342. The highest BCUT2D eigenvalue weighted by Crippen LogP contribution is 2.20. The van der Waals surface area contributed by atoms with Crippen molar-refractivity contribution in [1.29, 1.82) is 0 Å². The van der Waals surface area contributed by atoms with Crippen LogP contribution in [0.3, 0.4) is 0 Å². The lowest BCUT2D eigenvalue weighted by Gasteiger charge is -2.06. The first-order valence-electron chi connectivity index (χ1n) is 6.64. The quantitative estimate of drug-likeness (QED) is 0.670. The number of aromatic nitrogens is 3. The summed E-state index contributed by atoms with van der Waals surface area (Å²) < 4.78 is 0. The number of nitrogens with one attached hydrogen (secondary N) is 1. The van der Waals surface area contributed by atoms with Crippen LogP contribution in [0.25, 0.3) is 10.9 Å². The van der Waals surface area contributed by atoms with Gasteiger partial charge in [0.15, 0.2) is 5.15 Å². The molecule has 0 aliphatic heterocycles. The Hall–Kier alpha value is -2.27. The van der Waals surface area contributed by atoms with Crippen molar-refractivity contribution < 1.29 is 0 Å². The number of fused-ring (bicyclic) bond motifs is 1. The molecule has 1 N–H and O–H groups in total. The van der Waals surface area contributed by atoms with Gasteiger partial charge in [0.25, 0.3) is 0 Å². The van der Waals surface area contributed by atoms with E-state index in [-0.39, 0.29) is 0 Å². The lowest BCUT2D eigenvalue weighted by atomic mass is 10.3. The monoisotopic (exact) mass is 301 g/mol. The maximum Gasteiger partial charge on any atom is 0.161 e. The largest absolute Gasteiger partial charge is 0.325 e. The first kappa shape index (κ1) is 15.1. The molecule has 108 valence electrons. The Balaban J connectivity index is 2.25. The average molecular weight is 302 g/mol. The zero-order chi connectivity index (χ0) is 15.1. The van der Waals surface area contributed by atoms with Gasteiger partial charge in [0.1, 0.15) is 11.7 Å². The number of rotatable bonds is 5. The number of hydrogen-bond donors (Lipinski definition) is 1. The number of amidine groups is 1. The van der Waals surface area contributed by atoms with E-state index >= 15 is 0 Å². The third-order valence-corrected chi connectivity index (χ3v) is 2.97. The molecule has 0 saturated heterocycles. The molecule has 0 unspecified atom stereocenters. The van der Waals surface area contributed by atoms with Crippen LogP contribution >= 0.6 is 11.6 Å². The van der Waals surface area contributed by atoms with Crippen LogP contribution in [0, 0.1) is 0 Å². The summed E-state index contributed by atoms with van der Waals surface area (Å²) in [5.74, 6) is 1.34. The van der Waals surface area contributed by atoms with E-state index < -0.39 is 0 Å². The molecule has 0 fully saturated rings. The Bertz CT molecular complexity index is 694. The van der Waals surface area contributed by atoms with Crippen LogP contribution in [0.1, 0.15) is 19.8 Å². The fourth-order valence-corrected chi connectivity index (χ4v) is 1.92. The first-order chi connectivity index (χ1) is 10.2. The van der Waals surface area contributed by atoms with Crippen LogP contribution in [0.2, 0.25) is 5.15 Å². The number of halogens is 1. The molecule has 0 saturated carbocycles. The molecular weight excluding hydrogens is 286 g/mol. The molecule has 2 aromatic heterocycles. The molecule has 2 rings (SSSR count). The third kappa shape index (κ3) is 4.10. The summed E-state index contributed by atoms with van der Waals surface area (Å²) in [6.07, 6.45) is 9.11. The SMILES string of the molecule is C=CN=C(C=CCCC)Nc1ccc2c(Cl)nncc2n1. The molecule has 5 nitrogen and oxygen atoms in total. The molecule has 0 aliphatic rings. The number of hydrogen-bond acceptors (Lipinski definition) is 4. The van der Waals surface area contributed by atoms with E-state index in [1.54, 1.807) is 6.20 Å². The van der Waals surface area contributed by atoms with E-state index in [9.17, 15) is 0 Å². The van der Waals surface area contributed by atoms with Gasteiger partial charge < -0.3 is 5.32 Å². The summed E-state index contributed by atoms with van der Waals surface area (Å²) in [7, 11) is 0. The van der Waals surface area contributed by atoms with Gasteiger partial charge in [-0.15, -0.1) is 5.10 Å². The van der Waals surface area contributed by atoms with Gasteiger partial charge >= 0.3 is 0 Å². The standard InChI is InChI=1S/C15H16ClN5/c1-3-5-6-7-13(17-4-2)20-14-9-8-11-12(19-14)10-18-21-15(11)16/h4,6-10H,2-3,5H2,1H3,(H,17,19,20). The Morgan fingerprint density at radius 3 is 3.10 bits per heavy atom. The van der Waals surface area contributed by atoms with Crippen LogP contribution in [0.5, 0.6) is 0 Å². The fraction of sp³-hybridized carbons (Fsp3) is 0.200. The second-order valence-corrected chi connectivity index (χ2v) is 4.64. The highest BCUT2D eigenvalue weighted by Gasteiger charge is 2.04. The Morgan fingerprint density at radius 2 is 2.33 bits per heavy atom. The van der Waals surface area contributed by atoms with Gasteiger partial charge in [0.2, 0.25) is 0 Å². The summed E-state index contributed by atoms with van der Waals surface area (Å²) in [5, 5.41) is 11.8. The zero-order valence-electron chi connectivity index (χ0n) is 11.8. The zero-order valence-corrected chi connectivity index (χ0v) is 12.5. The van der Waals surface area contributed by atoms with Crippen LogP contribution in [-0.2, 0) is 0 Å². The second-order valence-electron chi connectivity index (χ2n) is 4.28. The van der Waals surface area contributed by atoms with Crippen molar-refractivity contribution in [1.82, 2.24) is 15.2 Å². The molecule has 0 aromatic carbocycles. The minimum absolute atomic E-state index is 0.342. The maximum atomic E-state index is 5.97. The summed E-state index contributed by atoms with van der Waals surface area (Å²) in [6.45, 7) is 5.74. The molecule has 6 heteroatoms. The predicted octanol–water partition coefficient (Wildman–Crippen LogP) is 3.99. The lowest BCUT2D eigenvalue weighted by molar-refractivity contribution is 0.959. The summed E-state index contributed by atoms with van der Waals surface area (Å²) in [4.78, 5) is 8.62. The van der Waals surface area contributed by atoms with Crippen LogP contribution in [-0.4, -0.2) is 21.0 Å². The van der Waals surface area contributed by atoms with Crippen molar-refractivity contribution in [3.05, 3.63) is 48.4 Å². The minimum Gasteiger partial charge on any atom is -0.325 e.